The number of amides is 1. The SMILES string of the molecule is CCCCCCCC(=O)Nc1c2ccccc2cc2ccccc12. The average molecular weight is 319 g/mol. The van der Waals surface area contributed by atoms with Crippen LogP contribution in [0.4, 0.5) is 5.69 Å². The molecule has 0 fully saturated rings. The normalized spacial score (nSPS) is 11.0. The molecule has 0 saturated heterocycles. The Morgan fingerprint density at radius 3 is 2.04 bits per heavy atom. The average Bonchev–Trinajstić information content (AvgIpc) is 2.61. The number of benzene rings is 3. The van der Waals surface area contributed by atoms with Crippen LogP contribution in [0.15, 0.2) is 54.6 Å². The zero-order chi connectivity index (χ0) is 16.8. The summed E-state index contributed by atoms with van der Waals surface area (Å²) in [6, 6.07) is 18.7. The lowest BCUT2D eigenvalue weighted by molar-refractivity contribution is -0.116. The van der Waals surface area contributed by atoms with Gasteiger partial charge >= 0.3 is 0 Å². The van der Waals surface area contributed by atoms with E-state index in [2.05, 4.69) is 42.6 Å². The van der Waals surface area contributed by atoms with Crippen molar-refractivity contribution in [2.75, 3.05) is 5.32 Å². The Balaban J connectivity index is 1.83. The van der Waals surface area contributed by atoms with Crippen LogP contribution in [0, 0.1) is 0 Å². The van der Waals surface area contributed by atoms with Crippen LogP contribution in [0.5, 0.6) is 0 Å². The number of carbonyl (C=O) groups excluding carboxylic acids is 1. The fourth-order valence-electron chi connectivity index (χ4n) is 3.24. The monoisotopic (exact) mass is 319 g/mol. The van der Waals surface area contributed by atoms with E-state index in [0.717, 1.165) is 40.1 Å². The van der Waals surface area contributed by atoms with Crippen LogP contribution in [-0.4, -0.2) is 5.91 Å². The van der Waals surface area contributed by atoms with Crippen LogP contribution >= 0.6 is 0 Å². The Morgan fingerprint density at radius 2 is 1.42 bits per heavy atom. The van der Waals surface area contributed by atoms with E-state index in [4.69, 9.17) is 0 Å². The molecular formula is C22H25NO. The van der Waals surface area contributed by atoms with Crippen molar-refractivity contribution in [2.45, 2.75) is 45.4 Å². The molecule has 0 aromatic heterocycles. The number of rotatable bonds is 7. The fourth-order valence-corrected chi connectivity index (χ4v) is 3.24. The molecule has 3 aromatic rings. The van der Waals surface area contributed by atoms with Gasteiger partial charge in [0.1, 0.15) is 0 Å². The molecule has 0 aliphatic rings. The van der Waals surface area contributed by atoms with Gasteiger partial charge in [0.15, 0.2) is 0 Å². The standard InChI is InChI=1S/C22H25NO/c1-2-3-4-5-6-15-21(24)23-22-19-13-9-7-11-17(19)16-18-12-8-10-14-20(18)22/h7-14,16H,2-6,15H2,1H3,(H,23,24). The molecule has 1 amide bonds. The summed E-state index contributed by atoms with van der Waals surface area (Å²) in [7, 11) is 0. The minimum Gasteiger partial charge on any atom is -0.325 e. The highest BCUT2D eigenvalue weighted by Crippen LogP contribution is 2.32. The Morgan fingerprint density at radius 1 is 0.833 bits per heavy atom. The van der Waals surface area contributed by atoms with Gasteiger partial charge in [0.25, 0.3) is 0 Å². The first kappa shape index (κ1) is 16.5. The first-order valence-corrected chi connectivity index (χ1v) is 9.00. The van der Waals surface area contributed by atoms with Gasteiger partial charge in [-0.05, 0) is 23.3 Å². The highest BCUT2D eigenvalue weighted by Gasteiger charge is 2.10. The number of hydrogen-bond acceptors (Lipinski definition) is 1. The summed E-state index contributed by atoms with van der Waals surface area (Å²) in [5.41, 5.74) is 0.947. The first-order chi connectivity index (χ1) is 11.8. The molecule has 2 nitrogen and oxygen atoms in total. The van der Waals surface area contributed by atoms with Gasteiger partial charge in [-0.25, -0.2) is 0 Å². The maximum Gasteiger partial charge on any atom is 0.224 e. The molecule has 124 valence electrons. The van der Waals surface area contributed by atoms with Crippen LogP contribution in [0.25, 0.3) is 21.5 Å². The summed E-state index contributed by atoms with van der Waals surface area (Å²) in [5, 5.41) is 7.72. The quantitative estimate of drug-likeness (QED) is 0.402. The second kappa shape index (κ2) is 7.96. The Labute approximate surface area is 143 Å². The summed E-state index contributed by atoms with van der Waals surface area (Å²) in [5.74, 6) is 0.119. The lowest BCUT2D eigenvalue weighted by Gasteiger charge is -2.13. The van der Waals surface area contributed by atoms with Crippen molar-refractivity contribution in [1.82, 2.24) is 0 Å². The van der Waals surface area contributed by atoms with Crippen LogP contribution < -0.4 is 5.32 Å². The minimum atomic E-state index is 0.119. The van der Waals surface area contributed by atoms with Gasteiger partial charge in [-0.3, -0.25) is 4.79 Å². The number of carbonyl (C=O) groups is 1. The van der Waals surface area contributed by atoms with Crippen LogP contribution in [-0.2, 0) is 4.79 Å². The van der Waals surface area contributed by atoms with Crippen molar-refractivity contribution >= 4 is 33.1 Å². The van der Waals surface area contributed by atoms with Crippen molar-refractivity contribution in [1.29, 1.82) is 0 Å². The molecule has 0 aliphatic heterocycles. The zero-order valence-electron chi connectivity index (χ0n) is 14.3. The van der Waals surface area contributed by atoms with Gasteiger partial charge in [0.05, 0.1) is 5.69 Å². The second-order valence-corrected chi connectivity index (χ2v) is 6.41. The molecule has 1 N–H and O–H groups in total. The third-order valence-corrected chi connectivity index (χ3v) is 4.54. The molecule has 3 aromatic carbocycles. The first-order valence-electron chi connectivity index (χ1n) is 9.00. The number of hydrogen-bond donors (Lipinski definition) is 1. The number of anilines is 1. The fraction of sp³-hybridized carbons (Fsp3) is 0.318. The van der Waals surface area contributed by atoms with Gasteiger partial charge in [-0.1, -0.05) is 81.1 Å². The largest absolute Gasteiger partial charge is 0.325 e. The van der Waals surface area contributed by atoms with Crippen molar-refractivity contribution in [3.63, 3.8) is 0 Å². The Kier molecular flexibility index (Phi) is 5.47. The van der Waals surface area contributed by atoms with Gasteiger partial charge in [-0.15, -0.1) is 0 Å². The lowest BCUT2D eigenvalue weighted by atomic mass is 10.0. The van der Waals surface area contributed by atoms with Crippen LogP contribution in [0.3, 0.4) is 0 Å². The molecule has 0 radical (unpaired) electrons. The van der Waals surface area contributed by atoms with E-state index in [1.165, 1.54) is 19.3 Å². The maximum atomic E-state index is 12.4. The third-order valence-electron chi connectivity index (χ3n) is 4.54. The molecule has 0 unspecified atom stereocenters. The highest BCUT2D eigenvalue weighted by molar-refractivity contribution is 6.15. The van der Waals surface area contributed by atoms with Gasteiger partial charge in [0, 0.05) is 17.2 Å². The van der Waals surface area contributed by atoms with Crippen molar-refractivity contribution < 1.29 is 4.79 Å². The second-order valence-electron chi connectivity index (χ2n) is 6.41. The molecule has 0 saturated carbocycles. The molecule has 0 spiro atoms. The number of unbranched alkanes of at least 4 members (excludes halogenated alkanes) is 4. The Bertz CT molecular complexity index is 784. The van der Waals surface area contributed by atoms with Crippen LogP contribution in [0.2, 0.25) is 0 Å². The van der Waals surface area contributed by atoms with E-state index >= 15 is 0 Å². The van der Waals surface area contributed by atoms with E-state index in [1.54, 1.807) is 0 Å². The van der Waals surface area contributed by atoms with Crippen molar-refractivity contribution in [2.24, 2.45) is 0 Å². The molecule has 0 atom stereocenters. The predicted molar refractivity (Wildman–Crippen MR) is 103 cm³/mol. The molecule has 2 heteroatoms. The van der Waals surface area contributed by atoms with Crippen molar-refractivity contribution in [3.8, 4) is 0 Å². The predicted octanol–water partition coefficient (Wildman–Crippen LogP) is 6.29. The zero-order valence-corrected chi connectivity index (χ0v) is 14.3. The summed E-state index contributed by atoms with van der Waals surface area (Å²) in [6.45, 7) is 2.21. The summed E-state index contributed by atoms with van der Waals surface area (Å²) < 4.78 is 0. The van der Waals surface area contributed by atoms with E-state index in [0.29, 0.717) is 6.42 Å². The summed E-state index contributed by atoms with van der Waals surface area (Å²) >= 11 is 0. The van der Waals surface area contributed by atoms with E-state index in [1.807, 2.05) is 24.3 Å². The Hall–Kier alpha value is -2.35. The van der Waals surface area contributed by atoms with Gasteiger partial charge in [0.2, 0.25) is 5.91 Å². The molecule has 0 heterocycles. The molecule has 0 aliphatic carbocycles. The molecule has 0 bridgehead atoms. The van der Waals surface area contributed by atoms with Crippen LogP contribution in [0.1, 0.15) is 45.4 Å². The number of nitrogens with one attached hydrogen (secondary N) is 1. The summed E-state index contributed by atoms with van der Waals surface area (Å²) in [4.78, 5) is 12.4. The maximum absolute atomic E-state index is 12.4. The third kappa shape index (κ3) is 3.76. The van der Waals surface area contributed by atoms with E-state index < -0.39 is 0 Å². The van der Waals surface area contributed by atoms with Gasteiger partial charge < -0.3 is 5.32 Å². The summed E-state index contributed by atoms with van der Waals surface area (Å²) in [6.07, 6.45) is 6.41. The number of fused-ring (bicyclic) bond motifs is 2. The highest BCUT2D eigenvalue weighted by atomic mass is 16.1. The minimum absolute atomic E-state index is 0.119. The van der Waals surface area contributed by atoms with E-state index in [9.17, 15) is 4.79 Å². The smallest absolute Gasteiger partial charge is 0.224 e. The lowest BCUT2D eigenvalue weighted by Crippen LogP contribution is -2.11. The van der Waals surface area contributed by atoms with Crippen molar-refractivity contribution in [3.05, 3.63) is 54.6 Å². The van der Waals surface area contributed by atoms with Gasteiger partial charge in [-0.2, -0.15) is 0 Å². The van der Waals surface area contributed by atoms with E-state index in [-0.39, 0.29) is 5.91 Å². The molecule has 24 heavy (non-hydrogen) atoms. The molecule has 3 rings (SSSR count). The molecular weight excluding hydrogens is 294 g/mol. The topological polar surface area (TPSA) is 29.1 Å².